The summed E-state index contributed by atoms with van der Waals surface area (Å²) in [6.07, 6.45) is -10.6. The predicted octanol–water partition coefficient (Wildman–Crippen LogP) is 6.33. The molecule has 0 aliphatic rings. The van der Waals surface area contributed by atoms with Crippen molar-refractivity contribution in [1.82, 2.24) is 9.78 Å². The maximum atomic E-state index is 14.3. The van der Waals surface area contributed by atoms with Gasteiger partial charge in [0.2, 0.25) is 6.41 Å². The van der Waals surface area contributed by atoms with Crippen molar-refractivity contribution in [1.29, 1.82) is 0 Å². The number of nitrogens with zero attached hydrogens (tertiary/aromatic N) is 3. The Morgan fingerprint density at radius 2 is 1.55 bits per heavy atom. The lowest BCUT2D eigenvalue weighted by atomic mass is 10.2. The first-order chi connectivity index (χ1) is 15.3. The molecule has 0 atom stereocenters. The van der Waals surface area contributed by atoms with Crippen LogP contribution >= 0.6 is 11.8 Å². The average Bonchev–Trinajstić information content (AvgIpc) is 3.02. The van der Waals surface area contributed by atoms with Crippen molar-refractivity contribution in [2.24, 2.45) is 0 Å². The minimum Gasteiger partial charge on any atom is -0.278 e. The van der Waals surface area contributed by atoms with Crippen molar-refractivity contribution >= 4 is 29.5 Å². The number of carbonyl (C=O) groups excluding carboxylic acids is 1. The quantitative estimate of drug-likeness (QED) is 0.294. The Balaban J connectivity index is 2.30. The number of alkyl halides is 6. The maximum absolute atomic E-state index is 14.3. The first kappa shape index (κ1) is 24.5. The molecule has 0 aliphatic carbocycles. The highest BCUT2D eigenvalue weighted by Gasteiger charge is 2.43. The summed E-state index contributed by atoms with van der Waals surface area (Å²) >= 11 is 0.311. The second-order valence-electron chi connectivity index (χ2n) is 6.40. The Morgan fingerprint density at radius 3 is 2.06 bits per heavy atom. The number of rotatable bonds is 6. The summed E-state index contributed by atoms with van der Waals surface area (Å²) in [7, 11) is 0. The largest absolute Gasteiger partial charge is 0.437 e. The van der Waals surface area contributed by atoms with E-state index in [0.717, 1.165) is 24.3 Å². The van der Waals surface area contributed by atoms with Gasteiger partial charge in [-0.1, -0.05) is 11.8 Å². The Labute approximate surface area is 183 Å². The van der Waals surface area contributed by atoms with Gasteiger partial charge in [0.1, 0.15) is 34.7 Å². The van der Waals surface area contributed by atoms with Gasteiger partial charge in [-0.15, -0.1) is 0 Å². The average molecular weight is 499 g/mol. The van der Waals surface area contributed by atoms with Crippen LogP contribution in [0, 0.1) is 17.5 Å². The van der Waals surface area contributed by atoms with Crippen molar-refractivity contribution < 1.29 is 44.3 Å². The second-order valence-corrected chi connectivity index (χ2v) is 7.46. The van der Waals surface area contributed by atoms with Crippen LogP contribution in [0.1, 0.15) is 5.69 Å². The van der Waals surface area contributed by atoms with E-state index in [1.807, 2.05) is 0 Å². The first-order valence-electron chi connectivity index (χ1n) is 8.68. The van der Waals surface area contributed by atoms with E-state index < -0.39 is 58.4 Å². The van der Waals surface area contributed by atoms with E-state index in [9.17, 15) is 44.3 Å². The van der Waals surface area contributed by atoms with Crippen LogP contribution in [-0.2, 0) is 17.5 Å². The third kappa shape index (κ3) is 5.61. The molecule has 0 saturated carbocycles. The summed E-state index contributed by atoms with van der Waals surface area (Å²) < 4.78 is 121. The van der Waals surface area contributed by atoms with E-state index >= 15 is 0 Å². The molecule has 3 rings (SSSR count). The topological polar surface area (TPSA) is 38.1 Å². The molecular formula is C19H10F9N3OS. The molecule has 1 amide bonds. The summed E-state index contributed by atoms with van der Waals surface area (Å²) in [5.74, 6) is -3.27. The Morgan fingerprint density at radius 1 is 0.939 bits per heavy atom. The molecule has 2 aromatic carbocycles. The fourth-order valence-corrected chi connectivity index (χ4v) is 3.74. The predicted molar refractivity (Wildman–Crippen MR) is 98.4 cm³/mol. The number of hydrogen-bond acceptors (Lipinski definition) is 3. The molecule has 0 N–H and O–H groups in total. The fourth-order valence-electron chi connectivity index (χ4n) is 2.74. The fraction of sp³-hybridized carbons (Fsp3) is 0.158. The van der Waals surface area contributed by atoms with Gasteiger partial charge in [0.05, 0.1) is 5.69 Å². The highest BCUT2D eigenvalue weighted by Crippen LogP contribution is 2.46. The lowest BCUT2D eigenvalue weighted by Gasteiger charge is -2.21. The smallest absolute Gasteiger partial charge is 0.278 e. The van der Waals surface area contributed by atoms with E-state index in [1.54, 1.807) is 0 Å². The highest BCUT2D eigenvalue weighted by atomic mass is 32.2. The van der Waals surface area contributed by atoms with Crippen molar-refractivity contribution in [2.45, 2.75) is 28.8 Å². The number of halogens is 9. The van der Waals surface area contributed by atoms with E-state index in [4.69, 9.17) is 0 Å². The minimum atomic E-state index is -5.36. The molecule has 0 fully saturated rings. The molecule has 14 heteroatoms. The van der Waals surface area contributed by atoms with Crippen molar-refractivity contribution in [3.8, 4) is 0 Å². The van der Waals surface area contributed by atoms with Crippen LogP contribution in [0.4, 0.5) is 50.9 Å². The SMILES string of the molecule is O=CN(c1ccc(F)cc1F)c1c(C(F)(F)F)nn(CC(F)(F)F)c1Sc1ccc(F)cc1. The van der Waals surface area contributed by atoms with Gasteiger partial charge in [0, 0.05) is 11.0 Å². The van der Waals surface area contributed by atoms with Crippen molar-refractivity contribution in [2.75, 3.05) is 4.90 Å². The van der Waals surface area contributed by atoms with Gasteiger partial charge in [-0.05, 0) is 36.4 Å². The third-order valence-corrected chi connectivity index (χ3v) is 5.13. The molecule has 1 aromatic heterocycles. The van der Waals surface area contributed by atoms with Crippen molar-refractivity contribution in [3.05, 3.63) is 65.6 Å². The molecule has 4 nitrogen and oxygen atoms in total. The maximum Gasteiger partial charge on any atom is 0.437 e. The summed E-state index contributed by atoms with van der Waals surface area (Å²) in [6, 6.07) is 5.55. The second kappa shape index (κ2) is 9.00. The first-order valence-corrected chi connectivity index (χ1v) is 9.49. The molecule has 3 aromatic rings. The Bertz CT molecular complexity index is 1160. The monoisotopic (exact) mass is 499 g/mol. The normalized spacial score (nSPS) is 12.2. The number of carbonyl (C=O) groups is 1. The summed E-state index contributed by atoms with van der Waals surface area (Å²) in [6.45, 7) is -1.97. The summed E-state index contributed by atoms with van der Waals surface area (Å²) in [4.78, 5) is 11.8. The van der Waals surface area contributed by atoms with Crippen molar-refractivity contribution in [3.63, 3.8) is 0 Å². The zero-order valence-electron chi connectivity index (χ0n) is 15.9. The highest BCUT2D eigenvalue weighted by molar-refractivity contribution is 7.99. The third-order valence-electron chi connectivity index (χ3n) is 4.02. The molecule has 33 heavy (non-hydrogen) atoms. The van der Waals surface area contributed by atoms with Gasteiger partial charge < -0.3 is 0 Å². The van der Waals surface area contributed by atoms with Crippen LogP contribution in [-0.4, -0.2) is 22.4 Å². The van der Waals surface area contributed by atoms with Crippen LogP contribution in [0.25, 0.3) is 0 Å². The minimum absolute atomic E-state index is 0.000117. The summed E-state index contributed by atoms with van der Waals surface area (Å²) in [5.41, 5.74) is -3.97. The number of hydrogen-bond donors (Lipinski definition) is 0. The van der Waals surface area contributed by atoms with Gasteiger partial charge in [0.25, 0.3) is 0 Å². The number of anilines is 2. The number of amides is 1. The lowest BCUT2D eigenvalue weighted by molar-refractivity contribution is -0.149. The molecule has 0 spiro atoms. The molecule has 176 valence electrons. The number of benzene rings is 2. The van der Waals surface area contributed by atoms with Gasteiger partial charge in [0.15, 0.2) is 5.69 Å². The van der Waals surface area contributed by atoms with Gasteiger partial charge in [-0.3, -0.25) is 9.69 Å². The zero-order valence-corrected chi connectivity index (χ0v) is 16.7. The zero-order chi connectivity index (χ0) is 24.6. The van der Waals surface area contributed by atoms with Crippen LogP contribution < -0.4 is 4.90 Å². The van der Waals surface area contributed by atoms with Crippen LogP contribution in [0.2, 0.25) is 0 Å². The van der Waals surface area contributed by atoms with E-state index in [1.165, 1.54) is 0 Å². The molecule has 0 radical (unpaired) electrons. The van der Waals surface area contributed by atoms with Crippen LogP contribution in [0.3, 0.4) is 0 Å². The van der Waals surface area contributed by atoms with Gasteiger partial charge >= 0.3 is 12.4 Å². The van der Waals surface area contributed by atoms with Gasteiger partial charge in [-0.2, -0.15) is 31.4 Å². The molecule has 0 unspecified atom stereocenters. The lowest BCUT2D eigenvalue weighted by Crippen LogP contribution is -2.20. The van der Waals surface area contributed by atoms with Crippen LogP contribution in [0.5, 0.6) is 0 Å². The molecule has 0 saturated heterocycles. The van der Waals surface area contributed by atoms with Gasteiger partial charge in [-0.25, -0.2) is 17.9 Å². The van der Waals surface area contributed by atoms with Crippen LogP contribution in [0.15, 0.2) is 52.4 Å². The number of aromatic nitrogens is 2. The van der Waals surface area contributed by atoms with E-state index in [0.29, 0.717) is 23.9 Å². The van der Waals surface area contributed by atoms with E-state index in [2.05, 4.69) is 5.10 Å². The van der Waals surface area contributed by atoms with E-state index in [-0.39, 0.29) is 27.0 Å². The Hall–Kier alpha value is -3.16. The summed E-state index contributed by atoms with van der Waals surface area (Å²) in [5, 5.41) is 2.17. The molecular weight excluding hydrogens is 489 g/mol. The molecule has 1 heterocycles. The Kier molecular flexibility index (Phi) is 6.68. The molecule has 0 aliphatic heterocycles. The standard InChI is InChI=1S/C19H10F9N3OS/c20-10-1-4-12(5-2-10)33-17-15(30(9-32)14-6-3-11(21)7-13(14)22)16(19(26,27)28)29-31(17)8-18(23,24)25/h1-7,9H,8H2. The molecule has 0 bridgehead atoms.